The van der Waals surface area contributed by atoms with Crippen LogP contribution in [0.3, 0.4) is 0 Å². The summed E-state index contributed by atoms with van der Waals surface area (Å²) in [6.07, 6.45) is 0.873. The summed E-state index contributed by atoms with van der Waals surface area (Å²) in [7, 11) is 0. The van der Waals surface area contributed by atoms with E-state index < -0.39 is 17.9 Å². The molecule has 1 amide bonds. The normalized spacial score (nSPS) is 11.7. The van der Waals surface area contributed by atoms with Crippen molar-refractivity contribution >= 4 is 17.6 Å². The third-order valence-electron chi connectivity index (χ3n) is 2.58. The van der Waals surface area contributed by atoms with Crippen LogP contribution in [-0.2, 0) is 9.59 Å². The van der Waals surface area contributed by atoms with Crippen LogP contribution >= 0.6 is 0 Å². The quantitative estimate of drug-likeness (QED) is 0.671. The Labute approximate surface area is 117 Å². The van der Waals surface area contributed by atoms with E-state index in [1.54, 1.807) is 24.3 Å². The maximum Gasteiger partial charge on any atom is 0.303 e. The predicted molar refractivity (Wildman–Crippen MR) is 75.7 cm³/mol. The maximum absolute atomic E-state index is 11.8. The van der Waals surface area contributed by atoms with Crippen molar-refractivity contribution in [3.63, 3.8) is 0 Å². The number of hydrogen-bond donors (Lipinski definition) is 3. The number of anilines is 1. The topological polar surface area (TPSA) is 102 Å². The van der Waals surface area contributed by atoms with Crippen LogP contribution in [0.4, 0.5) is 5.69 Å². The first-order chi connectivity index (χ1) is 9.52. The number of amides is 1. The summed E-state index contributed by atoms with van der Waals surface area (Å²) in [6.45, 7) is 2.61. The molecular weight excluding hydrogens is 260 g/mol. The lowest BCUT2D eigenvalue weighted by molar-refractivity contribution is -0.137. The van der Waals surface area contributed by atoms with E-state index >= 15 is 0 Å². The van der Waals surface area contributed by atoms with Crippen molar-refractivity contribution in [3.05, 3.63) is 24.3 Å². The highest BCUT2D eigenvalue weighted by Gasteiger charge is 2.15. The molecule has 6 nitrogen and oxygen atoms in total. The van der Waals surface area contributed by atoms with Crippen molar-refractivity contribution < 1.29 is 19.4 Å². The van der Waals surface area contributed by atoms with Crippen LogP contribution in [0.1, 0.15) is 26.2 Å². The SMILES string of the molecule is CCCOc1cccc(NC(=O)C(N)CCC(=O)O)c1. The predicted octanol–water partition coefficient (Wildman–Crippen LogP) is 1.61. The minimum atomic E-state index is -0.969. The van der Waals surface area contributed by atoms with Crippen LogP contribution in [0.15, 0.2) is 24.3 Å². The third-order valence-corrected chi connectivity index (χ3v) is 2.58. The van der Waals surface area contributed by atoms with E-state index in [2.05, 4.69) is 5.32 Å². The largest absolute Gasteiger partial charge is 0.494 e. The lowest BCUT2D eigenvalue weighted by atomic mass is 10.1. The molecule has 20 heavy (non-hydrogen) atoms. The van der Waals surface area contributed by atoms with Gasteiger partial charge in [0.1, 0.15) is 5.75 Å². The van der Waals surface area contributed by atoms with Crippen molar-refractivity contribution in [1.82, 2.24) is 0 Å². The summed E-state index contributed by atoms with van der Waals surface area (Å²) in [5.41, 5.74) is 6.20. The summed E-state index contributed by atoms with van der Waals surface area (Å²) in [4.78, 5) is 22.2. The zero-order valence-corrected chi connectivity index (χ0v) is 11.5. The Bertz CT molecular complexity index is 462. The number of carboxylic acids is 1. The van der Waals surface area contributed by atoms with Crippen molar-refractivity contribution in [2.24, 2.45) is 5.73 Å². The van der Waals surface area contributed by atoms with E-state index in [1.165, 1.54) is 0 Å². The maximum atomic E-state index is 11.8. The molecule has 0 aromatic heterocycles. The van der Waals surface area contributed by atoms with Gasteiger partial charge in [0.2, 0.25) is 5.91 Å². The van der Waals surface area contributed by atoms with Crippen molar-refractivity contribution in [1.29, 1.82) is 0 Å². The number of nitrogens with one attached hydrogen (secondary N) is 1. The van der Waals surface area contributed by atoms with Crippen LogP contribution in [0.25, 0.3) is 0 Å². The standard InChI is InChI=1S/C14H20N2O4/c1-2-8-20-11-5-3-4-10(9-11)16-14(19)12(15)6-7-13(17)18/h3-5,9,12H,2,6-8,15H2,1H3,(H,16,19)(H,17,18). The van der Waals surface area contributed by atoms with Crippen LogP contribution in [0.5, 0.6) is 5.75 Å². The van der Waals surface area contributed by atoms with Gasteiger partial charge in [-0.1, -0.05) is 13.0 Å². The molecule has 4 N–H and O–H groups in total. The highest BCUT2D eigenvalue weighted by Crippen LogP contribution is 2.17. The second-order valence-electron chi connectivity index (χ2n) is 4.40. The molecule has 0 aliphatic rings. The molecule has 0 saturated heterocycles. The van der Waals surface area contributed by atoms with Gasteiger partial charge in [-0.15, -0.1) is 0 Å². The van der Waals surface area contributed by atoms with Crippen molar-refractivity contribution in [3.8, 4) is 5.75 Å². The van der Waals surface area contributed by atoms with Crippen LogP contribution in [0, 0.1) is 0 Å². The van der Waals surface area contributed by atoms with E-state index in [0.717, 1.165) is 6.42 Å². The van der Waals surface area contributed by atoms with Crippen LogP contribution < -0.4 is 15.8 Å². The number of carbonyl (C=O) groups is 2. The molecule has 0 spiro atoms. The fraction of sp³-hybridized carbons (Fsp3) is 0.429. The van der Waals surface area contributed by atoms with Gasteiger partial charge in [0.15, 0.2) is 0 Å². The summed E-state index contributed by atoms with van der Waals surface area (Å²) in [5, 5.41) is 11.2. The van der Waals surface area contributed by atoms with Gasteiger partial charge in [-0.2, -0.15) is 0 Å². The Kier molecular flexibility index (Phi) is 6.52. The average molecular weight is 280 g/mol. The molecule has 0 aliphatic carbocycles. The highest BCUT2D eigenvalue weighted by atomic mass is 16.5. The Morgan fingerprint density at radius 1 is 1.45 bits per heavy atom. The molecule has 110 valence electrons. The van der Waals surface area contributed by atoms with Gasteiger partial charge in [-0.3, -0.25) is 9.59 Å². The van der Waals surface area contributed by atoms with E-state index in [1.807, 2.05) is 6.92 Å². The molecule has 1 aromatic rings. The molecule has 0 radical (unpaired) electrons. The van der Waals surface area contributed by atoms with Gasteiger partial charge in [-0.25, -0.2) is 0 Å². The fourth-order valence-corrected chi connectivity index (χ4v) is 1.53. The summed E-state index contributed by atoms with van der Waals surface area (Å²) >= 11 is 0. The second kappa shape index (κ2) is 8.16. The molecule has 1 atom stereocenters. The van der Waals surface area contributed by atoms with E-state index in [4.69, 9.17) is 15.6 Å². The van der Waals surface area contributed by atoms with Crippen molar-refractivity contribution in [2.45, 2.75) is 32.2 Å². The minimum Gasteiger partial charge on any atom is -0.494 e. The summed E-state index contributed by atoms with van der Waals surface area (Å²) in [6, 6.07) is 6.16. The Hall–Kier alpha value is -2.08. The first kappa shape index (κ1) is 16.0. The first-order valence-corrected chi connectivity index (χ1v) is 6.54. The average Bonchev–Trinajstić information content (AvgIpc) is 2.42. The number of nitrogens with two attached hydrogens (primary N) is 1. The Morgan fingerprint density at radius 3 is 2.85 bits per heavy atom. The van der Waals surface area contributed by atoms with Gasteiger partial charge in [-0.05, 0) is 25.0 Å². The molecule has 1 rings (SSSR count). The molecule has 1 aromatic carbocycles. The van der Waals surface area contributed by atoms with Gasteiger partial charge in [0.05, 0.1) is 12.6 Å². The number of rotatable bonds is 8. The van der Waals surface area contributed by atoms with Gasteiger partial charge >= 0.3 is 5.97 Å². The third kappa shape index (κ3) is 5.71. The zero-order valence-electron chi connectivity index (χ0n) is 11.5. The Balaban J connectivity index is 2.54. The molecule has 0 fully saturated rings. The molecular formula is C14H20N2O4. The number of aliphatic carboxylic acids is 1. The summed E-state index contributed by atoms with van der Waals surface area (Å²) < 4.78 is 5.46. The first-order valence-electron chi connectivity index (χ1n) is 6.54. The Morgan fingerprint density at radius 2 is 2.20 bits per heavy atom. The lowest BCUT2D eigenvalue weighted by Gasteiger charge is -2.12. The molecule has 0 saturated carbocycles. The second-order valence-corrected chi connectivity index (χ2v) is 4.40. The van der Waals surface area contributed by atoms with E-state index in [-0.39, 0.29) is 12.8 Å². The van der Waals surface area contributed by atoms with Gasteiger partial charge in [0.25, 0.3) is 0 Å². The van der Waals surface area contributed by atoms with E-state index in [9.17, 15) is 9.59 Å². The van der Waals surface area contributed by atoms with Gasteiger partial charge in [0, 0.05) is 18.2 Å². The number of benzene rings is 1. The van der Waals surface area contributed by atoms with Crippen molar-refractivity contribution in [2.75, 3.05) is 11.9 Å². The van der Waals surface area contributed by atoms with Crippen LogP contribution in [-0.4, -0.2) is 29.6 Å². The smallest absolute Gasteiger partial charge is 0.303 e. The summed E-state index contributed by atoms with van der Waals surface area (Å²) in [5.74, 6) is -0.703. The number of carboxylic acid groups (broad SMARTS) is 1. The molecule has 6 heteroatoms. The molecule has 1 unspecified atom stereocenters. The van der Waals surface area contributed by atoms with E-state index in [0.29, 0.717) is 18.0 Å². The molecule has 0 heterocycles. The van der Waals surface area contributed by atoms with Gasteiger partial charge < -0.3 is 20.9 Å². The fourth-order valence-electron chi connectivity index (χ4n) is 1.53. The number of carbonyl (C=O) groups excluding carboxylic acids is 1. The number of hydrogen-bond acceptors (Lipinski definition) is 4. The zero-order chi connectivity index (χ0) is 15.0. The minimum absolute atomic E-state index is 0.104. The lowest BCUT2D eigenvalue weighted by Crippen LogP contribution is -2.36. The molecule has 0 bridgehead atoms. The number of ether oxygens (including phenoxy) is 1. The highest BCUT2D eigenvalue weighted by molar-refractivity contribution is 5.95. The van der Waals surface area contributed by atoms with Crippen LogP contribution in [0.2, 0.25) is 0 Å². The molecule has 0 aliphatic heterocycles. The monoisotopic (exact) mass is 280 g/mol.